The fourth-order valence-corrected chi connectivity index (χ4v) is 0.978. The molecule has 0 saturated carbocycles. The zero-order chi connectivity index (χ0) is 8.39. The van der Waals surface area contributed by atoms with Crippen LogP contribution in [0.2, 0.25) is 0 Å². The Morgan fingerprint density at radius 1 is 1.25 bits per heavy atom. The minimum atomic E-state index is 0.929. The molecule has 60 valence electrons. The molecule has 0 bridgehead atoms. The van der Waals surface area contributed by atoms with Crippen LogP contribution in [-0.4, -0.2) is 20.0 Å². The molecular weight excluding hydrogens is 152 g/mol. The topological polar surface area (TPSA) is 43.6 Å². The van der Waals surface area contributed by atoms with Crippen LogP contribution < -0.4 is 0 Å². The van der Waals surface area contributed by atoms with Crippen molar-refractivity contribution in [3.63, 3.8) is 0 Å². The highest BCUT2D eigenvalue weighted by atomic mass is 15.3. The predicted molar refractivity (Wildman–Crippen MR) is 43.9 cm³/mol. The molecule has 2 heterocycles. The van der Waals surface area contributed by atoms with Crippen molar-refractivity contribution in [2.75, 3.05) is 0 Å². The van der Waals surface area contributed by atoms with Crippen LogP contribution in [0.25, 0.3) is 5.69 Å². The normalized spacial score (nSPS) is 10.1. The molecule has 0 saturated heterocycles. The van der Waals surface area contributed by atoms with Gasteiger partial charge in [0.15, 0.2) is 0 Å². The monoisotopic (exact) mass is 160 g/mol. The van der Waals surface area contributed by atoms with Crippen molar-refractivity contribution >= 4 is 0 Å². The molecule has 0 aliphatic rings. The van der Waals surface area contributed by atoms with Gasteiger partial charge in [-0.1, -0.05) is 0 Å². The van der Waals surface area contributed by atoms with Gasteiger partial charge in [0.25, 0.3) is 0 Å². The van der Waals surface area contributed by atoms with Gasteiger partial charge in [-0.2, -0.15) is 15.3 Å². The molecule has 2 aromatic rings. The van der Waals surface area contributed by atoms with Crippen LogP contribution in [0.1, 0.15) is 5.69 Å². The van der Waals surface area contributed by atoms with Gasteiger partial charge >= 0.3 is 0 Å². The van der Waals surface area contributed by atoms with Crippen molar-refractivity contribution in [1.82, 2.24) is 20.0 Å². The van der Waals surface area contributed by atoms with Crippen molar-refractivity contribution < 1.29 is 0 Å². The molecule has 0 aliphatic heterocycles. The van der Waals surface area contributed by atoms with Gasteiger partial charge < -0.3 is 0 Å². The first-order chi connectivity index (χ1) is 5.86. The lowest BCUT2D eigenvalue weighted by atomic mass is 10.5. The van der Waals surface area contributed by atoms with Crippen molar-refractivity contribution in [3.8, 4) is 5.69 Å². The lowest BCUT2D eigenvalue weighted by Crippen LogP contribution is -1.95. The summed E-state index contributed by atoms with van der Waals surface area (Å²) in [5, 5.41) is 11.7. The smallest absolute Gasteiger partial charge is 0.0863 e. The molecular formula is C8H8N4. The third-order valence-electron chi connectivity index (χ3n) is 1.56. The van der Waals surface area contributed by atoms with Crippen LogP contribution in [0.5, 0.6) is 0 Å². The standard InChI is InChI=1S/C8H8N4/c1-7-3-5-12(11-7)8-2-4-9-10-6-8/h2-6H,1H3. The Hall–Kier alpha value is -1.71. The molecule has 2 rings (SSSR count). The second kappa shape index (κ2) is 2.73. The molecule has 2 aromatic heterocycles. The van der Waals surface area contributed by atoms with Gasteiger partial charge in [0.1, 0.15) is 0 Å². The van der Waals surface area contributed by atoms with E-state index in [1.165, 1.54) is 0 Å². The van der Waals surface area contributed by atoms with Crippen LogP contribution in [-0.2, 0) is 0 Å². The first-order valence-electron chi connectivity index (χ1n) is 3.65. The van der Waals surface area contributed by atoms with E-state index in [9.17, 15) is 0 Å². The maximum atomic E-state index is 4.23. The van der Waals surface area contributed by atoms with Crippen LogP contribution in [0.4, 0.5) is 0 Å². The number of hydrogen-bond donors (Lipinski definition) is 0. The van der Waals surface area contributed by atoms with E-state index in [2.05, 4.69) is 15.3 Å². The highest BCUT2D eigenvalue weighted by molar-refractivity contribution is 5.24. The summed E-state index contributed by atoms with van der Waals surface area (Å²) < 4.78 is 1.77. The lowest BCUT2D eigenvalue weighted by Gasteiger charge is -1.96. The number of aromatic nitrogens is 4. The minimum Gasteiger partial charge on any atom is -0.239 e. The molecule has 4 heteroatoms. The average Bonchev–Trinajstić information content (AvgIpc) is 2.54. The highest BCUT2D eigenvalue weighted by Crippen LogP contribution is 2.02. The molecule has 0 spiro atoms. The van der Waals surface area contributed by atoms with E-state index in [1.54, 1.807) is 17.1 Å². The molecule has 0 radical (unpaired) electrons. The van der Waals surface area contributed by atoms with Crippen LogP contribution in [0, 0.1) is 6.92 Å². The van der Waals surface area contributed by atoms with Crippen LogP contribution in [0.3, 0.4) is 0 Å². The van der Waals surface area contributed by atoms with Gasteiger partial charge in [-0.3, -0.25) is 0 Å². The average molecular weight is 160 g/mol. The molecule has 0 fully saturated rings. The third-order valence-corrected chi connectivity index (χ3v) is 1.56. The van der Waals surface area contributed by atoms with Gasteiger partial charge in [-0.05, 0) is 19.1 Å². The van der Waals surface area contributed by atoms with Crippen molar-refractivity contribution in [1.29, 1.82) is 0 Å². The Kier molecular flexibility index (Phi) is 1.59. The van der Waals surface area contributed by atoms with Crippen molar-refractivity contribution in [2.24, 2.45) is 0 Å². The number of aryl methyl sites for hydroxylation is 1. The summed E-state index contributed by atoms with van der Waals surface area (Å²) in [7, 11) is 0. The highest BCUT2D eigenvalue weighted by Gasteiger charge is 1.95. The Balaban J connectivity index is 2.45. The largest absolute Gasteiger partial charge is 0.239 e. The Labute approximate surface area is 69.9 Å². The van der Waals surface area contributed by atoms with Gasteiger partial charge in [0.2, 0.25) is 0 Å². The van der Waals surface area contributed by atoms with Gasteiger partial charge in [0, 0.05) is 6.20 Å². The molecule has 12 heavy (non-hydrogen) atoms. The summed E-state index contributed by atoms with van der Waals surface area (Å²) in [6.07, 6.45) is 5.21. The molecule has 0 amide bonds. The zero-order valence-electron chi connectivity index (χ0n) is 6.68. The van der Waals surface area contributed by atoms with E-state index >= 15 is 0 Å². The van der Waals surface area contributed by atoms with E-state index in [0.717, 1.165) is 11.4 Å². The van der Waals surface area contributed by atoms with Crippen LogP contribution >= 0.6 is 0 Å². The van der Waals surface area contributed by atoms with E-state index in [-0.39, 0.29) is 0 Å². The summed E-state index contributed by atoms with van der Waals surface area (Å²) in [5.41, 5.74) is 1.92. The Morgan fingerprint density at radius 2 is 2.17 bits per heavy atom. The van der Waals surface area contributed by atoms with Crippen molar-refractivity contribution in [3.05, 3.63) is 36.4 Å². The zero-order valence-corrected chi connectivity index (χ0v) is 6.68. The molecule has 0 atom stereocenters. The van der Waals surface area contributed by atoms with E-state index in [0.29, 0.717) is 0 Å². The summed E-state index contributed by atoms with van der Waals surface area (Å²) in [5.74, 6) is 0. The van der Waals surface area contributed by atoms with Crippen molar-refractivity contribution in [2.45, 2.75) is 6.92 Å². The SMILES string of the molecule is Cc1ccn(-c2ccnnc2)n1. The number of hydrogen-bond acceptors (Lipinski definition) is 3. The summed E-state index contributed by atoms with van der Waals surface area (Å²) in [6, 6.07) is 3.81. The van der Waals surface area contributed by atoms with Crippen LogP contribution in [0.15, 0.2) is 30.7 Å². The fraction of sp³-hybridized carbons (Fsp3) is 0.125. The second-order valence-electron chi connectivity index (χ2n) is 2.50. The summed E-state index contributed by atoms with van der Waals surface area (Å²) >= 11 is 0. The second-order valence-corrected chi connectivity index (χ2v) is 2.50. The lowest BCUT2D eigenvalue weighted by molar-refractivity contribution is 0.845. The molecule has 0 aliphatic carbocycles. The molecule has 0 N–H and O–H groups in total. The third kappa shape index (κ3) is 1.18. The maximum absolute atomic E-state index is 4.23. The van der Waals surface area contributed by atoms with Gasteiger partial charge in [-0.15, -0.1) is 0 Å². The fourth-order valence-electron chi connectivity index (χ4n) is 0.978. The molecule has 0 aromatic carbocycles. The Morgan fingerprint density at radius 3 is 2.75 bits per heavy atom. The van der Waals surface area contributed by atoms with Gasteiger partial charge in [0.05, 0.1) is 23.8 Å². The number of nitrogens with zero attached hydrogens (tertiary/aromatic N) is 4. The quantitative estimate of drug-likeness (QED) is 0.624. The first-order valence-corrected chi connectivity index (χ1v) is 3.65. The maximum Gasteiger partial charge on any atom is 0.0863 e. The summed E-state index contributed by atoms with van der Waals surface area (Å²) in [6.45, 7) is 1.95. The van der Waals surface area contributed by atoms with E-state index < -0.39 is 0 Å². The molecule has 4 nitrogen and oxygen atoms in total. The van der Waals surface area contributed by atoms with E-state index in [1.807, 2.05) is 25.3 Å². The minimum absolute atomic E-state index is 0.929. The Bertz CT molecular complexity index is 366. The summed E-state index contributed by atoms with van der Waals surface area (Å²) in [4.78, 5) is 0. The first kappa shape index (κ1) is 6.97. The van der Waals surface area contributed by atoms with Gasteiger partial charge in [-0.25, -0.2) is 4.68 Å². The predicted octanol–water partition coefficient (Wildman–Crippen LogP) is 0.971. The molecule has 0 unspecified atom stereocenters. The number of rotatable bonds is 1. The van der Waals surface area contributed by atoms with E-state index in [4.69, 9.17) is 0 Å².